The van der Waals surface area contributed by atoms with Crippen LogP contribution in [0.3, 0.4) is 0 Å². The Balaban J connectivity index is 1.97. The second-order valence-corrected chi connectivity index (χ2v) is 5.40. The lowest BCUT2D eigenvalue weighted by Gasteiger charge is -2.12. The minimum Gasteiger partial charge on any atom is -0.478 e. The molecule has 1 amide bonds. The summed E-state index contributed by atoms with van der Waals surface area (Å²) >= 11 is 0. The molecule has 1 aromatic heterocycles. The number of benzene rings is 1. The fraction of sp³-hybridized carbons (Fsp3) is 0.278. The number of rotatable bonds is 7. The fourth-order valence-corrected chi connectivity index (χ4v) is 1.95. The molecule has 6 heteroatoms. The quantitative estimate of drug-likeness (QED) is 0.816. The van der Waals surface area contributed by atoms with E-state index >= 15 is 0 Å². The van der Waals surface area contributed by atoms with Crippen molar-refractivity contribution in [2.24, 2.45) is 0 Å². The first-order chi connectivity index (χ1) is 11.5. The summed E-state index contributed by atoms with van der Waals surface area (Å²) in [6, 6.07) is 9.59. The van der Waals surface area contributed by atoms with Gasteiger partial charge in [-0.25, -0.2) is 9.78 Å². The number of carbonyl (C=O) groups is 2. The number of nitrogens with one attached hydrogen (secondary N) is 1. The summed E-state index contributed by atoms with van der Waals surface area (Å²) in [5, 5.41) is 11.6. The van der Waals surface area contributed by atoms with E-state index < -0.39 is 5.97 Å². The molecule has 0 aliphatic carbocycles. The molecule has 1 atom stereocenters. The van der Waals surface area contributed by atoms with Crippen LogP contribution in [0.2, 0.25) is 0 Å². The zero-order chi connectivity index (χ0) is 17.5. The van der Waals surface area contributed by atoms with E-state index in [1.165, 1.54) is 18.3 Å². The number of hydrogen-bond donors (Lipinski definition) is 2. The van der Waals surface area contributed by atoms with Crippen LogP contribution in [0.4, 0.5) is 0 Å². The Hall–Kier alpha value is -2.89. The van der Waals surface area contributed by atoms with Gasteiger partial charge in [-0.05, 0) is 37.1 Å². The smallest absolute Gasteiger partial charge is 0.335 e. The molecule has 24 heavy (non-hydrogen) atoms. The lowest BCUT2D eigenvalue weighted by atomic mass is 10.1. The van der Waals surface area contributed by atoms with Crippen LogP contribution in [0, 0.1) is 0 Å². The first kappa shape index (κ1) is 17.5. The van der Waals surface area contributed by atoms with Crippen LogP contribution in [-0.2, 0) is 6.54 Å². The highest BCUT2D eigenvalue weighted by atomic mass is 16.5. The molecule has 0 spiro atoms. The van der Waals surface area contributed by atoms with Gasteiger partial charge in [-0.2, -0.15) is 0 Å². The van der Waals surface area contributed by atoms with Gasteiger partial charge in [0.05, 0.1) is 11.7 Å². The maximum Gasteiger partial charge on any atom is 0.335 e. The summed E-state index contributed by atoms with van der Waals surface area (Å²) < 4.78 is 5.61. The number of carboxylic acid groups (broad SMARTS) is 1. The lowest BCUT2D eigenvalue weighted by molar-refractivity contribution is 0.0696. The molecule has 2 aromatic rings. The van der Waals surface area contributed by atoms with E-state index in [0.717, 1.165) is 12.0 Å². The van der Waals surface area contributed by atoms with Crippen LogP contribution in [0.15, 0.2) is 42.6 Å². The van der Waals surface area contributed by atoms with Gasteiger partial charge >= 0.3 is 5.97 Å². The second-order valence-electron chi connectivity index (χ2n) is 5.40. The van der Waals surface area contributed by atoms with E-state index in [4.69, 9.17) is 9.84 Å². The molecule has 1 unspecified atom stereocenters. The Morgan fingerprint density at radius 1 is 1.21 bits per heavy atom. The molecule has 0 bridgehead atoms. The molecule has 126 valence electrons. The van der Waals surface area contributed by atoms with Gasteiger partial charge in [-0.1, -0.05) is 19.1 Å². The third kappa shape index (κ3) is 4.81. The highest BCUT2D eigenvalue weighted by Gasteiger charge is 2.09. The van der Waals surface area contributed by atoms with Crippen molar-refractivity contribution in [2.45, 2.75) is 32.9 Å². The van der Waals surface area contributed by atoms with E-state index in [2.05, 4.69) is 10.3 Å². The van der Waals surface area contributed by atoms with Crippen molar-refractivity contribution in [1.82, 2.24) is 10.3 Å². The number of pyridine rings is 1. The number of hydrogen-bond acceptors (Lipinski definition) is 4. The van der Waals surface area contributed by atoms with Crippen molar-refractivity contribution in [3.63, 3.8) is 0 Å². The average Bonchev–Trinajstić information content (AvgIpc) is 2.60. The van der Waals surface area contributed by atoms with Crippen molar-refractivity contribution >= 4 is 11.9 Å². The highest BCUT2D eigenvalue weighted by molar-refractivity contribution is 5.94. The fourth-order valence-electron chi connectivity index (χ4n) is 1.95. The SMILES string of the molecule is CCC(C)Oc1cc(C(=O)NCc2ccc(C(=O)O)cc2)ccn1. The van der Waals surface area contributed by atoms with Gasteiger partial charge in [0.2, 0.25) is 5.88 Å². The predicted molar refractivity (Wildman–Crippen MR) is 89.2 cm³/mol. The van der Waals surface area contributed by atoms with Crippen LogP contribution in [0.5, 0.6) is 5.88 Å². The van der Waals surface area contributed by atoms with Gasteiger partial charge in [0.15, 0.2) is 0 Å². The number of ether oxygens (including phenoxy) is 1. The first-order valence-electron chi connectivity index (χ1n) is 7.72. The van der Waals surface area contributed by atoms with Gasteiger partial charge < -0.3 is 15.2 Å². The van der Waals surface area contributed by atoms with Crippen molar-refractivity contribution in [3.05, 3.63) is 59.3 Å². The number of aromatic nitrogens is 1. The zero-order valence-corrected chi connectivity index (χ0v) is 13.7. The Morgan fingerprint density at radius 3 is 2.54 bits per heavy atom. The van der Waals surface area contributed by atoms with Gasteiger partial charge in [0.1, 0.15) is 0 Å². The largest absolute Gasteiger partial charge is 0.478 e. The van der Waals surface area contributed by atoms with Crippen molar-refractivity contribution < 1.29 is 19.4 Å². The van der Waals surface area contributed by atoms with Crippen LogP contribution in [0.1, 0.15) is 46.5 Å². The molecule has 2 rings (SSSR count). The molecule has 0 aliphatic heterocycles. The van der Waals surface area contributed by atoms with Crippen molar-refractivity contribution in [3.8, 4) is 5.88 Å². The van der Waals surface area contributed by atoms with Crippen molar-refractivity contribution in [2.75, 3.05) is 0 Å². The summed E-state index contributed by atoms with van der Waals surface area (Å²) in [6.45, 7) is 4.26. The zero-order valence-electron chi connectivity index (χ0n) is 13.7. The third-order valence-electron chi connectivity index (χ3n) is 3.55. The Labute approximate surface area is 140 Å². The van der Waals surface area contributed by atoms with Gasteiger partial charge in [-0.15, -0.1) is 0 Å². The minimum atomic E-state index is -0.976. The average molecular weight is 328 g/mol. The molecule has 0 aliphatic rings. The van der Waals surface area contributed by atoms with E-state index in [1.807, 2.05) is 13.8 Å². The normalized spacial score (nSPS) is 11.6. The van der Waals surface area contributed by atoms with E-state index in [1.54, 1.807) is 24.3 Å². The number of carbonyl (C=O) groups excluding carboxylic acids is 1. The van der Waals surface area contributed by atoms with E-state index in [9.17, 15) is 9.59 Å². The Morgan fingerprint density at radius 2 is 1.92 bits per heavy atom. The topological polar surface area (TPSA) is 88.5 Å². The maximum atomic E-state index is 12.2. The molecule has 6 nitrogen and oxygen atoms in total. The van der Waals surface area contributed by atoms with Crippen molar-refractivity contribution in [1.29, 1.82) is 0 Å². The third-order valence-corrected chi connectivity index (χ3v) is 3.55. The summed E-state index contributed by atoms with van der Waals surface area (Å²) in [6.07, 6.45) is 2.42. The standard InChI is InChI=1S/C18H20N2O4/c1-3-12(2)24-16-10-15(8-9-19-16)17(21)20-11-13-4-6-14(7-5-13)18(22)23/h4-10,12H,3,11H2,1-2H3,(H,20,21)(H,22,23). The lowest BCUT2D eigenvalue weighted by Crippen LogP contribution is -2.23. The Bertz CT molecular complexity index is 713. The summed E-state index contributed by atoms with van der Waals surface area (Å²) in [4.78, 5) is 27.1. The minimum absolute atomic E-state index is 0.0311. The van der Waals surface area contributed by atoms with Crippen LogP contribution < -0.4 is 10.1 Å². The van der Waals surface area contributed by atoms with Crippen LogP contribution in [0.25, 0.3) is 0 Å². The van der Waals surface area contributed by atoms with Gasteiger partial charge in [0, 0.05) is 24.4 Å². The molecule has 0 saturated heterocycles. The second kappa shape index (κ2) is 8.10. The molecule has 0 fully saturated rings. The first-order valence-corrected chi connectivity index (χ1v) is 7.72. The molecule has 0 radical (unpaired) electrons. The number of nitrogens with zero attached hydrogens (tertiary/aromatic N) is 1. The summed E-state index contributed by atoms with van der Waals surface area (Å²) in [5.74, 6) is -0.798. The Kier molecular flexibility index (Phi) is 5.89. The molecule has 2 N–H and O–H groups in total. The molecular formula is C18H20N2O4. The molecule has 1 heterocycles. The van der Waals surface area contributed by atoms with Crippen LogP contribution >= 0.6 is 0 Å². The van der Waals surface area contributed by atoms with E-state index in [-0.39, 0.29) is 17.6 Å². The summed E-state index contributed by atoms with van der Waals surface area (Å²) in [5.41, 5.74) is 1.50. The predicted octanol–water partition coefficient (Wildman–Crippen LogP) is 2.89. The monoisotopic (exact) mass is 328 g/mol. The van der Waals surface area contributed by atoms with E-state index in [0.29, 0.717) is 18.0 Å². The number of amides is 1. The molecular weight excluding hydrogens is 308 g/mol. The van der Waals surface area contributed by atoms with Gasteiger partial charge in [-0.3, -0.25) is 4.79 Å². The molecule has 1 aromatic carbocycles. The highest BCUT2D eigenvalue weighted by Crippen LogP contribution is 2.12. The van der Waals surface area contributed by atoms with Gasteiger partial charge in [0.25, 0.3) is 5.91 Å². The van der Waals surface area contributed by atoms with Crippen LogP contribution in [-0.4, -0.2) is 28.1 Å². The maximum absolute atomic E-state index is 12.2. The number of aromatic carboxylic acids is 1. The number of carboxylic acids is 1. The summed E-state index contributed by atoms with van der Waals surface area (Å²) in [7, 11) is 0. The molecule has 0 saturated carbocycles.